The molecule has 7 heteroatoms. The van der Waals surface area contributed by atoms with Crippen LogP contribution < -0.4 is 16.4 Å². The summed E-state index contributed by atoms with van der Waals surface area (Å²) in [5, 5.41) is 6.19. The zero-order valence-corrected chi connectivity index (χ0v) is 20.8. The van der Waals surface area contributed by atoms with E-state index in [0.717, 1.165) is 42.5 Å². The molecule has 0 bridgehead atoms. The fraction of sp³-hybridized carbons (Fsp3) is 0.310. The number of nitrogens with one attached hydrogen (secondary N) is 2. The molecule has 1 heterocycles. The van der Waals surface area contributed by atoms with Crippen LogP contribution in [0.1, 0.15) is 63.5 Å². The number of rotatable bonds is 7. The van der Waals surface area contributed by atoms with Gasteiger partial charge in [-0.15, -0.1) is 0 Å². The summed E-state index contributed by atoms with van der Waals surface area (Å²) >= 11 is 0. The fourth-order valence-electron chi connectivity index (χ4n) is 3.86. The minimum absolute atomic E-state index is 0.0904. The molecule has 1 amide bonds. The number of aromatic nitrogens is 2. The lowest BCUT2D eigenvalue weighted by Crippen LogP contribution is -2.26. The summed E-state index contributed by atoms with van der Waals surface area (Å²) in [5.74, 6) is 7.04. The van der Waals surface area contributed by atoms with Crippen LogP contribution in [0.25, 0.3) is 5.57 Å². The number of aliphatic imine (C=N–C) groups is 1. The molecule has 2 aliphatic rings. The third kappa shape index (κ3) is 6.92. The van der Waals surface area contributed by atoms with Gasteiger partial charge in [-0.2, -0.15) is 4.98 Å². The largest absolute Gasteiger partial charge is 0.383 e. The maximum absolute atomic E-state index is 12.4. The van der Waals surface area contributed by atoms with Crippen molar-refractivity contribution >= 4 is 35.1 Å². The minimum atomic E-state index is -0.0904. The van der Waals surface area contributed by atoms with E-state index in [2.05, 4.69) is 43.5 Å². The number of benzene rings is 1. The van der Waals surface area contributed by atoms with Crippen molar-refractivity contribution in [3.8, 4) is 11.8 Å². The lowest BCUT2D eigenvalue weighted by Gasteiger charge is -2.14. The Hall–Kier alpha value is -4.18. The molecule has 0 spiro atoms. The quantitative estimate of drug-likeness (QED) is 0.216. The number of nitrogen functional groups attached to an aromatic ring is 1. The summed E-state index contributed by atoms with van der Waals surface area (Å²) in [5.41, 5.74) is 11.1. The zero-order valence-electron chi connectivity index (χ0n) is 20.8. The van der Waals surface area contributed by atoms with Crippen LogP contribution in [0, 0.1) is 11.8 Å². The normalized spacial score (nSPS) is 16.2. The molecular weight excluding hydrogens is 448 g/mol. The van der Waals surface area contributed by atoms with Gasteiger partial charge in [-0.1, -0.05) is 18.1 Å². The van der Waals surface area contributed by atoms with E-state index in [9.17, 15) is 4.79 Å². The lowest BCUT2D eigenvalue weighted by molar-refractivity contribution is -0.117. The Morgan fingerprint density at radius 2 is 2.00 bits per heavy atom. The first-order chi connectivity index (χ1) is 17.6. The number of allylic oxidation sites excluding steroid dienone is 4. The highest BCUT2D eigenvalue weighted by molar-refractivity contribution is 5.96. The molecule has 0 aliphatic heterocycles. The van der Waals surface area contributed by atoms with Crippen molar-refractivity contribution in [2.24, 2.45) is 4.99 Å². The average molecular weight is 481 g/mol. The van der Waals surface area contributed by atoms with Crippen LogP contribution in [0.5, 0.6) is 0 Å². The van der Waals surface area contributed by atoms with Crippen molar-refractivity contribution in [3.63, 3.8) is 0 Å². The van der Waals surface area contributed by atoms with Gasteiger partial charge in [0.1, 0.15) is 11.5 Å². The van der Waals surface area contributed by atoms with Crippen LogP contribution >= 0.6 is 0 Å². The van der Waals surface area contributed by atoms with Gasteiger partial charge in [0.05, 0.1) is 0 Å². The first-order valence-electron chi connectivity index (χ1n) is 12.4. The minimum Gasteiger partial charge on any atom is -0.383 e. The van der Waals surface area contributed by atoms with Gasteiger partial charge in [0.15, 0.2) is 0 Å². The molecule has 36 heavy (non-hydrogen) atoms. The van der Waals surface area contributed by atoms with Gasteiger partial charge in [-0.3, -0.25) is 9.79 Å². The Kier molecular flexibility index (Phi) is 8.30. The van der Waals surface area contributed by atoms with Gasteiger partial charge in [-0.05, 0) is 94.2 Å². The summed E-state index contributed by atoms with van der Waals surface area (Å²) in [6, 6.07) is 7.93. The summed E-state index contributed by atoms with van der Waals surface area (Å²) in [6.07, 6.45) is 15.8. The summed E-state index contributed by atoms with van der Waals surface area (Å²) in [6.45, 7) is 3.66. The van der Waals surface area contributed by atoms with Crippen LogP contribution in [0.4, 0.5) is 17.5 Å². The molecular formula is C29H32N6O. The number of amides is 1. The van der Waals surface area contributed by atoms with E-state index in [-0.39, 0.29) is 5.91 Å². The molecule has 2 aromatic rings. The van der Waals surface area contributed by atoms with Crippen molar-refractivity contribution in [1.29, 1.82) is 0 Å². The smallest absolute Gasteiger partial charge is 0.251 e. The Morgan fingerprint density at radius 1 is 1.19 bits per heavy atom. The number of hydrogen-bond acceptors (Lipinski definition) is 6. The summed E-state index contributed by atoms with van der Waals surface area (Å²) < 4.78 is 0. The van der Waals surface area contributed by atoms with Gasteiger partial charge in [0.2, 0.25) is 5.95 Å². The van der Waals surface area contributed by atoms with E-state index in [1.165, 1.54) is 18.4 Å². The molecule has 4 N–H and O–H groups in total. The van der Waals surface area contributed by atoms with Gasteiger partial charge in [-0.25, -0.2) is 4.98 Å². The molecule has 1 aromatic heterocycles. The predicted molar refractivity (Wildman–Crippen MR) is 147 cm³/mol. The van der Waals surface area contributed by atoms with Crippen molar-refractivity contribution in [3.05, 3.63) is 71.1 Å². The topological polar surface area (TPSA) is 105 Å². The first kappa shape index (κ1) is 24.9. The molecule has 0 radical (unpaired) electrons. The van der Waals surface area contributed by atoms with Crippen LogP contribution in [-0.4, -0.2) is 28.1 Å². The first-order valence-corrected chi connectivity index (χ1v) is 12.4. The van der Waals surface area contributed by atoms with Crippen LogP contribution in [0.15, 0.2) is 65.0 Å². The third-order valence-electron chi connectivity index (χ3n) is 5.98. The standard InChI is InChI=1S/C29H32N6O/c1-3-21(28(36)33-23-16-17-23)18-25(31-4-2)15-12-20-10-13-24(14-11-20)34-29-32-19-26(27(30)35-29)22-8-6-5-7-9-22/h3-4,8,10-11,13-14,18-19,23H,5-7,9,16-17H2,1-2H3,(H,33,36)(H3,30,32,34,35)/b21-3+,25-18-,31-4?. The van der Waals surface area contributed by atoms with E-state index in [4.69, 9.17) is 5.73 Å². The highest BCUT2D eigenvalue weighted by Gasteiger charge is 2.24. The molecule has 0 unspecified atom stereocenters. The molecule has 1 saturated carbocycles. The van der Waals surface area contributed by atoms with Crippen LogP contribution in [-0.2, 0) is 4.79 Å². The highest BCUT2D eigenvalue weighted by atomic mass is 16.1. The number of carbonyl (C=O) groups is 1. The number of anilines is 3. The van der Waals surface area contributed by atoms with E-state index < -0.39 is 0 Å². The van der Waals surface area contributed by atoms with Gasteiger partial charge >= 0.3 is 0 Å². The molecule has 0 saturated heterocycles. The van der Waals surface area contributed by atoms with E-state index in [1.54, 1.807) is 24.6 Å². The maximum Gasteiger partial charge on any atom is 0.251 e. The Bertz CT molecular complexity index is 1290. The average Bonchev–Trinajstić information content (AvgIpc) is 3.71. The zero-order chi connectivity index (χ0) is 25.3. The van der Waals surface area contributed by atoms with Crippen molar-refractivity contribution in [2.45, 2.75) is 58.4 Å². The van der Waals surface area contributed by atoms with Gasteiger partial charge < -0.3 is 16.4 Å². The number of carbonyl (C=O) groups excluding carboxylic acids is 1. The molecule has 2 aliphatic carbocycles. The lowest BCUT2D eigenvalue weighted by atomic mass is 9.95. The predicted octanol–water partition coefficient (Wildman–Crippen LogP) is 5.31. The molecule has 1 aromatic carbocycles. The SMILES string of the molecule is CC=N/C(C#Cc1ccc(Nc2ncc(C3=CCCCC3)c(N)n2)cc1)=C\C(=C/C)C(=O)NC1CC1. The highest BCUT2D eigenvalue weighted by Crippen LogP contribution is 2.29. The monoisotopic (exact) mass is 480 g/mol. The second-order valence-corrected chi connectivity index (χ2v) is 8.83. The van der Waals surface area contributed by atoms with Crippen molar-refractivity contribution in [1.82, 2.24) is 15.3 Å². The Balaban J connectivity index is 1.43. The van der Waals surface area contributed by atoms with E-state index >= 15 is 0 Å². The summed E-state index contributed by atoms with van der Waals surface area (Å²) in [4.78, 5) is 25.6. The van der Waals surface area contributed by atoms with E-state index in [1.807, 2.05) is 38.1 Å². The van der Waals surface area contributed by atoms with Crippen molar-refractivity contribution in [2.75, 3.05) is 11.1 Å². The second-order valence-electron chi connectivity index (χ2n) is 8.83. The van der Waals surface area contributed by atoms with Crippen LogP contribution in [0.2, 0.25) is 0 Å². The Labute approximate surface area is 212 Å². The van der Waals surface area contributed by atoms with Crippen molar-refractivity contribution < 1.29 is 4.79 Å². The molecule has 0 atom stereocenters. The number of nitrogens with two attached hydrogens (primary N) is 1. The van der Waals surface area contributed by atoms with E-state index in [0.29, 0.717) is 29.1 Å². The summed E-state index contributed by atoms with van der Waals surface area (Å²) in [7, 11) is 0. The molecule has 1 fully saturated rings. The van der Waals surface area contributed by atoms with Gasteiger partial charge in [0, 0.05) is 40.8 Å². The second kappa shape index (κ2) is 12.0. The van der Waals surface area contributed by atoms with Crippen LogP contribution in [0.3, 0.4) is 0 Å². The fourth-order valence-corrected chi connectivity index (χ4v) is 3.86. The number of hydrogen-bond donors (Lipinski definition) is 3. The Morgan fingerprint density at radius 3 is 2.64 bits per heavy atom. The maximum atomic E-state index is 12.4. The number of nitrogens with zero attached hydrogens (tertiary/aromatic N) is 3. The molecule has 4 rings (SSSR count). The molecule has 184 valence electrons. The van der Waals surface area contributed by atoms with Gasteiger partial charge in [0.25, 0.3) is 5.91 Å². The molecule has 7 nitrogen and oxygen atoms in total. The third-order valence-corrected chi connectivity index (χ3v) is 5.98.